The second kappa shape index (κ2) is 4.17. The Labute approximate surface area is 103 Å². The van der Waals surface area contributed by atoms with Crippen LogP contribution in [0.3, 0.4) is 0 Å². The molecule has 0 saturated heterocycles. The first-order valence-corrected chi connectivity index (χ1v) is 5.35. The number of carboxylic acids is 1. The minimum Gasteiger partial charge on any atom is -0.481 e. The summed E-state index contributed by atoms with van der Waals surface area (Å²) in [7, 11) is 0. The number of carbonyl (C=O) groups is 1. The van der Waals surface area contributed by atoms with Crippen molar-refractivity contribution in [3.63, 3.8) is 0 Å². The zero-order valence-corrected chi connectivity index (χ0v) is 9.93. The van der Waals surface area contributed by atoms with Crippen molar-refractivity contribution in [2.75, 3.05) is 0 Å². The molecular weight excluding hydrogens is 294 g/mol. The number of hydrogen-bond donors (Lipinski definition) is 1. The molecule has 0 saturated carbocycles. The highest BCUT2D eigenvalue weighted by atomic mass is 79.9. The molecule has 0 unspecified atom stereocenters. The van der Waals surface area contributed by atoms with Gasteiger partial charge in [0.15, 0.2) is 0 Å². The predicted octanol–water partition coefficient (Wildman–Crippen LogP) is 2.73. The molecule has 0 aliphatic rings. The van der Waals surface area contributed by atoms with Crippen molar-refractivity contribution in [3.8, 4) is 0 Å². The second-order valence-electron chi connectivity index (χ2n) is 3.39. The number of nitrogens with zero attached hydrogens (tertiary/aromatic N) is 1. The van der Waals surface area contributed by atoms with Crippen molar-refractivity contribution < 1.29 is 19.2 Å². The smallest absolute Gasteiger partial charge is 0.311 e. The molecule has 17 heavy (non-hydrogen) atoms. The molecule has 0 bridgehead atoms. The van der Waals surface area contributed by atoms with E-state index in [0.717, 1.165) is 0 Å². The first kappa shape index (κ1) is 11.6. The van der Waals surface area contributed by atoms with Gasteiger partial charge < -0.3 is 9.52 Å². The molecule has 1 N–H and O–H groups in total. The Morgan fingerprint density at radius 3 is 2.76 bits per heavy atom. The number of furan rings is 1. The number of benzene rings is 1. The lowest BCUT2D eigenvalue weighted by Gasteiger charge is -1.94. The van der Waals surface area contributed by atoms with Crippen molar-refractivity contribution >= 4 is 38.6 Å². The number of halogens is 1. The lowest BCUT2D eigenvalue weighted by atomic mass is 10.2. The van der Waals surface area contributed by atoms with Crippen LogP contribution in [0.2, 0.25) is 0 Å². The van der Waals surface area contributed by atoms with Gasteiger partial charge in [0.25, 0.3) is 5.69 Å². The third kappa shape index (κ3) is 2.28. The lowest BCUT2D eigenvalue weighted by Crippen LogP contribution is -1.97. The Balaban J connectivity index is 2.56. The SMILES string of the molecule is O=C(O)Cc1cc2cc([N+](=O)[O-])cc(Br)c2o1. The lowest BCUT2D eigenvalue weighted by molar-refractivity contribution is -0.384. The van der Waals surface area contributed by atoms with Crippen LogP contribution in [0.1, 0.15) is 5.76 Å². The van der Waals surface area contributed by atoms with Crippen LogP contribution in [0, 0.1) is 10.1 Å². The quantitative estimate of drug-likeness (QED) is 0.694. The molecule has 0 amide bonds. The molecule has 0 radical (unpaired) electrons. The van der Waals surface area contributed by atoms with E-state index in [1.807, 2.05) is 0 Å². The van der Waals surface area contributed by atoms with Crippen molar-refractivity contribution in [2.45, 2.75) is 6.42 Å². The van der Waals surface area contributed by atoms with Crippen LogP contribution in [-0.4, -0.2) is 16.0 Å². The molecule has 0 aliphatic carbocycles. The zero-order valence-electron chi connectivity index (χ0n) is 8.34. The van der Waals surface area contributed by atoms with E-state index in [1.165, 1.54) is 18.2 Å². The standard InChI is InChI=1S/C10H6BrNO5/c11-8-3-6(12(15)16)1-5-2-7(4-9(13)14)17-10(5)8/h1-3H,4H2,(H,13,14). The van der Waals surface area contributed by atoms with E-state index in [2.05, 4.69) is 15.9 Å². The Hall–Kier alpha value is -1.89. The van der Waals surface area contributed by atoms with E-state index in [-0.39, 0.29) is 17.9 Å². The maximum atomic E-state index is 10.6. The molecule has 1 aromatic heterocycles. The van der Waals surface area contributed by atoms with Crippen LogP contribution in [0.15, 0.2) is 27.1 Å². The number of nitro benzene ring substituents is 1. The van der Waals surface area contributed by atoms with Crippen molar-refractivity contribution in [1.82, 2.24) is 0 Å². The molecule has 88 valence electrons. The fourth-order valence-electron chi connectivity index (χ4n) is 1.49. The maximum absolute atomic E-state index is 10.6. The van der Waals surface area contributed by atoms with E-state index in [1.54, 1.807) is 0 Å². The molecule has 2 rings (SSSR count). The van der Waals surface area contributed by atoms with E-state index >= 15 is 0 Å². The second-order valence-corrected chi connectivity index (χ2v) is 4.24. The Morgan fingerprint density at radius 1 is 1.47 bits per heavy atom. The number of rotatable bonds is 3. The van der Waals surface area contributed by atoms with Crippen LogP contribution >= 0.6 is 15.9 Å². The van der Waals surface area contributed by atoms with Gasteiger partial charge in [0.2, 0.25) is 0 Å². The van der Waals surface area contributed by atoms with Gasteiger partial charge in [0.05, 0.1) is 9.40 Å². The van der Waals surface area contributed by atoms with Gasteiger partial charge in [-0.05, 0) is 22.0 Å². The summed E-state index contributed by atoms with van der Waals surface area (Å²) in [5.74, 6) is -0.761. The average molecular weight is 300 g/mol. The molecule has 6 nitrogen and oxygen atoms in total. The minimum absolute atomic E-state index is 0.0768. The van der Waals surface area contributed by atoms with Gasteiger partial charge >= 0.3 is 5.97 Å². The predicted molar refractivity (Wildman–Crippen MR) is 61.9 cm³/mol. The summed E-state index contributed by atoms with van der Waals surface area (Å²) in [6.45, 7) is 0. The molecule has 2 aromatic rings. The summed E-state index contributed by atoms with van der Waals surface area (Å²) in [6, 6.07) is 4.15. The molecule has 0 spiro atoms. The van der Waals surface area contributed by atoms with Crippen molar-refractivity contribution in [2.24, 2.45) is 0 Å². The summed E-state index contributed by atoms with van der Waals surface area (Å²) < 4.78 is 5.72. The summed E-state index contributed by atoms with van der Waals surface area (Å²) in [4.78, 5) is 20.6. The molecule has 7 heteroatoms. The number of fused-ring (bicyclic) bond motifs is 1. The fourth-order valence-corrected chi connectivity index (χ4v) is 2.03. The molecular formula is C10H6BrNO5. The van der Waals surface area contributed by atoms with E-state index < -0.39 is 10.9 Å². The van der Waals surface area contributed by atoms with Crippen molar-refractivity contribution in [3.05, 3.63) is 38.5 Å². The maximum Gasteiger partial charge on any atom is 0.311 e. The largest absolute Gasteiger partial charge is 0.481 e. The fraction of sp³-hybridized carbons (Fsp3) is 0.100. The van der Waals surface area contributed by atoms with E-state index in [4.69, 9.17) is 9.52 Å². The average Bonchev–Trinajstić information content (AvgIpc) is 2.59. The van der Waals surface area contributed by atoms with Crippen LogP contribution in [0.25, 0.3) is 11.0 Å². The summed E-state index contributed by atoms with van der Waals surface area (Å²) in [5, 5.41) is 19.8. The van der Waals surface area contributed by atoms with Gasteiger partial charge in [-0.25, -0.2) is 0 Å². The van der Waals surface area contributed by atoms with Gasteiger partial charge in [-0.2, -0.15) is 0 Å². The zero-order chi connectivity index (χ0) is 12.6. The van der Waals surface area contributed by atoms with Crippen LogP contribution < -0.4 is 0 Å². The van der Waals surface area contributed by atoms with Crippen LogP contribution in [-0.2, 0) is 11.2 Å². The minimum atomic E-state index is -1.02. The first-order chi connectivity index (χ1) is 7.97. The molecule has 0 fully saturated rings. The molecule has 0 atom stereocenters. The molecule has 1 heterocycles. The first-order valence-electron chi connectivity index (χ1n) is 4.55. The third-order valence-electron chi connectivity index (χ3n) is 2.14. The van der Waals surface area contributed by atoms with Gasteiger partial charge in [-0.1, -0.05) is 0 Å². The Morgan fingerprint density at radius 2 is 2.18 bits per heavy atom. The van der Waals surface area contributed by atoms with Crippen molar-refractivity contribution in [1.29, 1.82) is 0 Å². The summed E-state index contributed by atoms with van der Waals surface area (Å²) in [6.07, 6.45) is -0.255. The van der Waals surface area contributed by atoms with E-state index in [0.29, 0.717) is 15.4 Å². The van der Waals surface area contributed by atoms with Gasteiger partial charge in [-0.3, -0.25) is 14.9 Å². The number of non-ortho nitro benzene ring substituents is 1. The van der Waals surface area contributed by atoms with E-state index in [9.17, 15) is 14.9 Å². The number of hydrogen-bond acceptors (Lipinski definition) is 4. The topological polar surface area (TPSA) is 93.6 Å². The molecule has 1 aromatic carbocycles. The normalized spacial score (nSPS) is 10.6. The van der Waals surface area contributed by atoms with Gasteiger partial charge in [-0.15, -0.1) is 0 Å². The Kier molecular flexibility index (Phi) is 2.84. The third-order valence-corrected chi connectivity index (χ3v) is 2.73. The summed E-state index contributed by atoms with van der Waals surface area (Å²) in [5.41, 5.74) is 0.332. The number of carboxylic acid groups (broad SMARTS) is 1. The highest BCUT2D eigenvalue weighted by Gasteiger charge is 2.15. The van der Waals surface area contributed by atoms with Gasteiger partial charge in [0.1, 0.15) is 17.8 Å². The summed E-state index contributed by atoms with van der Waals surface area (Å²) >= 11 is 3.15. The highest BCUT2D eigenvalue weighted by Crippen LogP contribution is 2.31. The number of aliphatic carboxylic acids is 1. The highest BCUT2D eigenvalue weighted by molar-refractivity contribution is 9.10. The number of nitro groups is 1. The Bertz CT molecular complexity index is 618. The molecule has 0 aliphatic heterocycles. The van der Waals surface area contributed by atoms with Gasteiger partial charge in [0, 0.05) is 17.5 Å². The van der Waals surface area contributed by atoms with Crippen LogP contribution in [0.5, 0.6) is 0 Å². The monoisotopic (exact) mass is 299 g/mol. The van der Waals surface area contributed by atoms with Crippen LogP contribution in [0.4, 0.5) is 5.69 Å².